The quantitative estimate of drug-likeness (QED) is 0.764. The van der Waals surface area contributed by atoms with Crippen molar-refractivity contribution >= 4 is 22.6 Å². The molecule has 3 nitrogen and oxygen atoms in total. The molecule has 0 unspecified atom stereocenters. The maximum atomic E-state index is 6.07. The van der Waals surface area contributed by atoms with Crippen molar-refractivity contribution in [3.05, 3.63) is 53.2 Å². The van der Waals surface area contributed by atoms with Gasteiger partial charge in [0.2, 0.25) is 0 Å². The minimum absolute atomic E-state index is 0.485. The molecule has 18 heavy (non-hydrogen) atoms. The molecule has 0 radical (unpaired) electrons. The number of hydrogen-bond acceptors (Lipinski definition) is 3. The number of para-hydroxylation sites is 1. The van der Waals surface area contributed by atoms with E-state index in [2.05, 4.69) is 4.98 Å². The van der Waals surface area contributed by atoms with Gasteiger partial charge in [-0.2, -0.15) is 0 Å². The lowest BCUT2D eigenvalue weighted by molar-refractivity contribution is 0.628. The van der Waals surface area contributed by atoms with Gasteiger partial charge in [0.15, 0.2) is 11.3 Å². The van der Waals surface area contributed by atoms with Gasteiger partial charge in [-0.05, 0) is 23.8 Å². The van der Waals surface area contributed by atoms with E-state index >= 15 is 0 Å². The lowest BCUT2D eigenvalue weighted by Gasteiger charge is -1.98. The summed E-state index contributed by atoms with van der Waals surface area (Å²) < 4.78 is 5.73. The molecule has 1 aromatic carbocycles. The fourth-order valence-corrected chi connectivity index (χ4v) is 2.07. The summed E-state index contributed by atoms with van der Waals surface area (Å²) in [6.07, 6.45) is 1.75. The Balaban J connectivity index is 2.10. The summed E-state index contributed by atoms with van der Waals surface area (Å²) in [6, 6.07) is 11.4. The molecule has 2 N–H and O–H groups in total. The van der Waals surface area contributed by atoms with Crippen molar-refractivity contribution in [2.24, 2.45) is 5.73 Å². The summed E-state index contributed by atoms with van der Waals surface area (Å²) in [6.45, 7) is 0.485. The Kier molecular flexibility index (Phi) is 2.78. The predicted molar refractivity (Wildman–Crippen MR) is 72.3 cm³/mol. The number of pyridine rings is 1. The summed E-state index contributed by atoms with van der Waals surface area (Å²) in [4.78, 5) is 4.33. The highest BCUT2D eigenvalue weighted by Crippen LogP contribution is 2.31. The summed E-state index contributed by atoms with van der Waals surface area (Å²) in [5, 5.41) is 1.58. The van der Waals surface area contributed by atoms with Gasteiger partial charge >= 0.3 is 0 Å². The number of fused-ring (bicyclic) bond motifs is 1. The lowest BCUT2D eigenvalue weighted by atomic mass is 10.2. The van der Waals surface area contributed by atoms with E-state index in [-0.39, 0.29) is 0 Å². The molecule has 4 heteroatoms. The first-order chi connectivity index (χ1) is 8.78. The maximum absolute atomic E-state index is 6.07. The van der Waals surface area contributed by atoms with Crippen LogP contribution in [0, 0.1) is 0 Å². The number of benzene rings is 1. The van der Waals surface area contributed by atoms with E-state index in [1.807, 2.05) is 36.4 Å². The van der Waals surface area contributed by atoms with Gasteiger partial charge in [0.1, 0.15) is 5.69 Å². The molecular weight excluding hydrogens is 248 g/mol. The van der Waals surface area contributed by atoms with Crippen LogP contribution in [-0.2, 0) is 6.54 Å². The molecular formula is C14H11ClN2O. The molecule has 0 saturated heterocycles. The summed E-state index contributed by atoms with van der Waals surface area (Å²) >= 11 is 6.07. The fourth-order valence-electron chi connectivity index (χ4n) is 1.84. The largest absolute Gasteiger partial charge is 0.453 e. The minimum atomic E-state index is 0.485. The zero-order chi connectivity index (χ0) is 12.5. The predicted octanol–water partition coefficient (Wildman–Crippen LogP) is 3.61. The summed E-state index contributed by atoms with van der Waals surface area (Å²) in [7, 11) is 0. The molecule has 0 aliphatic heterocycles. The lowest BCUT2D eigenvalue weighted by Crippen LogP contribution is -1.96. The molecule has 0 spiro atoms. The Bertz CT molecular complexity index is 689. The molecule has 0 amide bonds. The number of furan rings is 1. The van der Waals surface area contributed by atoms with Gasteiger partial charge in [-0.1, -0.05) is 29.8 Å². The Morgan fingerprint density at radius 3 is 2.78 bits per heavy atom. The van der Waals surface area contributed by atoms with Gasteiger partial charge in [0.25, 0.3) is 0 Å². The summed E-state index contributed by atoms with van der Waals surface area (Å²) in [5.41, 5.74) is 8.00. The van der Waals surface area contributed by atoms with Gasteiger partial charge in [-0.25, -0.2) is 0 Å². The van der Waals surface area contributed by atoms with Crippen molar-refractivity contribution in [2.45, 2.75) is 6.54 Å². The van der Waals surface area contributed by atoms with E-state index in [1.165, 1.54) is 0 Å². The topological polar surface area (TPSA) is 52.0 Å². The molecule has 0 bridgehead atoms. The van der Waals surface area contributed by atoms with Crippen molar-refractivity contribution in [3.8, 4) is 11.5 Å². The number of nitrogens with two attached hydrogens (primary N) is 1. The first kappa shape index (κ1) is 11.3. The van der Waals surface area contributed by atoms with Crippen molar-refractivity contribution in [1.29, 1.82) is 0 Å². The normalized spacial score (nSPS) is 11.0. The van der Waals surface area contributed by atoms with Gasteiger partial charge in [-0.15, -0.1) is 0 Å². The van der Waals surface area contributed by atoms with Crippen LogP contribution in [-0.4, -0.2) is 4.98 Å². The van der Waals surface area contributed by atoms with Crippen molar-refractivity contribution in [2.75, 3.05) is 0 Å². The molecule has 0 atom stereocenters. The van der Waals surface area contributed by atoms with E-state index in [1.54, 1.807) is 6.20 Å². The van der Waals surface area contributed by atoms with Gasteiger partial charge in [-0.3, -0.25) is 4.98 Å². The molecule has 90 valence electrons. The molecule has 0 aliphatic rings. The zero-order valence-corrected chi connectivity index (χ0v) is 10.3. The SMILES string of the molecule is NCc1ccc(-c2cc3cccc(Cl)c3o2)nc1. The molecule has 3 aromatic rings. The number of aromatic nitrogens is 1. The van der Waals surface area contributed by atoms with E-state index in [4.69, 9.17) is 21.8 Å². The van der Waals surface area contributed by atoms with Crippen LogP contribution in [0.1, 0.15) is 5.56 Å². The molecule has 2 aromatic heterocycles. The van der Waals surface area contributed by atoms with Gasteiger partial charge in [0, 0.05) is 18.1 Å². The number of halogens is 1. The third-order valence-electron chi connectivity index (χ3n) is 2.81. The smallest absolute Gasteiger partial charge is 0.153 e. The van der Waals surface area contributed by atoms with Crippen LogP contribution in [0.4, 0.5) is 0 Å². The minimum Gasteiger partial charge on any atom is -0.453 e. The highest BCUT2D eigenvalue weighted by molar-refractivity contribution is 6.34. The van der Waals surface area contributed by atoms with E-state index < -0.39 is 0 Å². The Hall–Kier alpha value is -1.84. The van der Waals surface area contributed by atoms with Crippen LogP contribution in [0.25, 0.3) is 22.4 Å². The Morgan fingerprint density at radius 2 is 2.11 bits per heavy atom. The van der Waals surface area contributed by atoms with Crippen LogP contribution >= 0.6 is 11.6 Å². The van der Waals surface area contributed by atoms with Crippen LogP contribution < -0.4 is 5.73 Å². The fraction of sp³-hybridized carbons (Fsp3) is 0.0714. The second-order valence-electron chi connectivity index (χ2n) is 4.02. The van der Waals surface area contributed by atoms with Crippen LogP contribution in [0.3, 0.4) is 0 Å². The highest BCUT2D eigenvalue weighted by Gasteiger charge is 2.09. The second-order valence-corrected chi connectivity index (χ2v) is 4.43. The van der Waals surface area contributed by atoms with Gasteiger partial charge in [0.05, 0.1) is 5.02 Å². The molecule has 0 aliphatic carbocycles. The van der Waals surface area contributed by atoms with Gasteiger partial charge < -0.3 is 10.2 Å². The standard InChI is InChI=1S/C14H11ClN2O/c15-11-3-1-2-10-6-13(18-14(10)11)12-5-4-9(7-16)8-17-12/h1-6,8H,7,16H2. The first-order valence-corrected chi connectivity index (χ1v) is 5.99. The van der Waals surface area contributed by atoms with Crippen LogP contribution in [0.5, 0.6) is 0 Å². The number of nitrogens with zero attached hydrogens (tertiary/aromatic N) is 1. The molecule has 2 heterocycles. The average Bonchev–Trinajstić information content (AvgIpc) is 2.84. The van der Waals surface area contributed by atoms with E-state index in [0.717, 1.165) is 16.6 Å². The van der Waals surface area contributed by atoms with E-state index in [9.17, 15) is 0 Å². The third-order valence-corrected chi connectivity index (χ3v) is 3.11. The van der Waals surface area contributed by atoms with E-state index in [0.29, 0.717) is 22.9 Å². The number of hydrogen-bond donors (Lipinski definition) is 1. The van der Waals surface area contributed by atoms with Crippen LogP contribution in [0.2, 0.25) is 5.02 Å². The molecule has 0 saturated carbocycles. The van der Waals surface area contributed by atoms with Crippen molar-refractivity contribution in [1.82, 2.24) is 4.98 Å². The highest BCUT2D eigenvalue weighted by atomic mass is 35.5. The molecule has 0 fully saturated rings. The van der Waals surface area contributed by atoms with Crippen LogP contribution in [0.15, 0.2) is 47.0 Å². The maximum Gasteiger partial charge on any atom is 0.153 e. The zero-order valence-electron chi connectivity index (χ0n) is 9.56. The monoisotopic (exact) mass is 258 g/mol. The Morgan fingerprint density at radius 1 is 1.22 bits per heavy atom. The van der Waals surface area contributed by atoms with Crippen molar-refractivity contribution < 1.29 is 4.42 Å². The third kappa shape index (κ3) is 1.88. The molecule has 3 rings (SSSR count). The number of rotatable bonds is 2. The Labute approximate surface area is 109 Å². The first-order valence-electron chi connectivity index (χ1n) is 5.61. The average molecular weight is 259 g/mol. The summed E-state index contributed by atoms with van der Waals surface area (Å²) in [5.74, 6) is 0.710. The second kappa shape index (κ2) is 4.44. The van der Waals surface area contributed by atoms with Crippen molar-refractivity contribution in [3.63, 3.8) is 0 Å².